The summed E-state index contributed by atoms with van der Waals surface area (Å²) in [5.41, 5.74) is 0.584. The van der Waals surface area contributed by atoms with Gasteiger partial charge in [0.1, 0.15) is 0 Å². The first-order valence-corrected chi connectivity index (χ1v) is 7.16. The number of rotatable bonds is 7. The summed E-state index contributed by atoms with van der Waals surface area (Å²) in [6.45, 7) is 1.05. The van der Waals surface area contributed by atoms with Crippen LogP contribution >= 0.6 is 23.7 Å². The van der Waals surface area contributed by atoms with E-state index in [2.05, 4.69) is 5.32 Å². The first-order chi connectivity index (χ1) is 10.2. The number of nitro groups is 1. The molecule has 0 atom stereocenters. The SMILES string of the molecule is COc1cc(CNCc2cccs2)c([N+](=O)[O-])cc1OC.Cl. The molecule has 0 spiro atoms. The predicted octanol–water partition coefficient (Wildman–Crippen LogP) is 3.39. The summed E-state index contributed by atoms with van der Waals surface area (Å²) in [4.78, 5) is 11.9. The van der Waals surface area contributed by atoms with Crippen LogP contribution in [0.4, 0.5) is 5.69 Å². The van der Waals surface area contributed by atoms with E-state index in [1.54, 1.807) is 17.4 Å². The Morgan fingerprint density at radius 1 is 1.23 bits per heavy atom. The van der Waals surface area contributed by atoms with Gasteiger partial charge in [-0.15, -0.1) is 23.7 Å². The zero-order chi connectivity index (χ0) is 15.2. The monoisotopic (exact) mass is 344 g/mol. The van der Waals surface area contributed by atoms with E-state index in [0.717, 1.165) is 0 Å². The van der Waals surface area contributed by atoms with Crippen molar-refractivity contribution >= 4 is 29.4 Å². The maximum absolute atomic E-state index is 11.2. The lowest BCUT2D eigenvalue weighted by Crippen LogP contribution is -2.13. The van der Waals surface area contributed by atoms with Gasteiger partial charge in [-0.2, -0.15) is 0 Å². The number of ether oxygens (including phenoxy) is 2. The standard InChI is InChI=1S/C14H16N2O4S.ClH/c1-19-13-6-10(8-15-9-11-4-3-5-21-11)12(16(17)18)7-14(13)20-2;/h3-7,15H,8-9H2,1-2H3;1H. The lowest BCUT2D eigenvalue weighted by Gasteiger charge is -2.11. The normalized spacial score (nSPS) is 9.91. The zero-order valence-electron chi connectivity index (χ0n) is 12.2. The van der Waals surface area contributed by atoms with Crippen LogP contribution in [0.5, 0.6) is 11.5 Å². The lowest BCUT2D eigenvalue weighted by atomic mass is 10.1. The van der Waals surface area contributed by atoms with Crippen LogP contribution in [0.25, 0.3) is 0 Å². The molecule has 0 radical (unpaired) electrons. The minimum Gasteiger partial charge on any atom is -0.493 e. The quantitative estimate of drug-likeness (QED) is 0.615. The molecule has 120 valence electrons. The second-order valence-electron chi connectivity index (χ2n) is 4.28. The Bertz CT molecular complexity index is 620. The molecule has 0 aliphatic rings. The number of benzene rings is 1. The molecule has 22 heavy (non-hydrogen) atoms. The maximum Gasteiger partial charge on any atom is 0.277 e. The molecule has 2 rings (SSSR count). The second-order valence-corrected chi connectivity index (χ2v) is 5.31. The molecular formula is C14H17ClN2O4S. The Labute approximate surface area is 138 Å². The molecule has 6 nitrogen and oxygen atoms in total. The molecule has 0 aliphatic carbocycles. The highest BCUT2D eigenvalue weighted by molar-refractivity contribution is 7.09. The second kappa shape index (κ2) is 8.57. The molecule has 1 N–H and O–H groups in total. The van der Waals surface area contributed by atoms with Crippen LogP contribution in [0, 0.1) is 10.1 Å². The Balaban J connectivity index is 0.00000242. The number of thiophene rings is 1. The molecule has 0 bridgehead atoms. The third-order valence-electron chi connectivity index (χ3n) is 2.98. The van der Waals surface area contributed by atoms with Crippen molar-refractivity contribution in [1.29, 1.82) is 0 Å². The first-order valence-electron chi connectivity index (χ1n) is 6.28. The molecule has 1 aromatic carbocycles. The van der Waals surface area contributed by atoms with Crippen molar-refractivity contribution in [3.8, 4) is 11.5 Å². The minimum absolute atomic E-state index is 0. The van der Waals surface area contributed by atoms with E-state index < -0.39 is 4.92 Å². The van der Waals surface area contributed by atoms with Gasteiger partial charge in [-0.25, -0.2) is 0 Å². The van der Waals surface area contributed by atoms with Gasteiger partial charge in [0.25, 0.3) is 5.69 Å². The highest BCUT2D eigenvalue weighted by atomic mass is 35.5. The van der Waals surface area contributed by atoms with E-state index in [9.17, 15) is 10.1 Å². The third kappa shape index (κ3) is 4.33. The molecule has 0 fully saturated rings. The number of hydrogen-bond acceptors (Lipinski definition) is 6. The van der Waals surface area contributed by atoms with E-state index in [4.69, 9.17) is 9.47 Å². The number of halogens is 1. The average molecular weight is 345 g/mol. The molecule has 1 heterocycles. The molecule has 0 saturated heterocycles. The van der Waals surface area contributed by atoms with Gasteiger partial charge in [0, 0.05) is 23.5 Å². The Morgan fingerprint density at radius 2 is 1.91 bits per heavy atom. The summed E-state index contributed by atoms with van der Waals surface area (Å²) in [5, 5.41) is 16.4. The number of nitro benzene ring substituents is 1. The van der Waals surface area contributed by atoms with Crippen molar-refractivity contribution in [3.63, 3.8) is 0 Å². The van der Waals surface area contributed by atoms with Gasteiger partial charge in [0.05, 0.1) is 25.2 Å². The van der Waals surface area contributed by atoms with Gasteiger partial charge in [0.2, 0.25) is 0 Å². The van der Waals surface area contributed by atoms with E-state index >= 15 is 0 Å². The van der Waals surface area contributed by atoms with Crippen molar-refractivity contribution in [2.24, 2.45) is 0 Å². The molecule has 0 amide bonds. The molecule has 8 heteroatoms. The smallest absolute Gasteiger partial charge is 0.277 e. The summed E-state index contributed by atoms with van der Waals surface area (Å²) in [5.74, 6) is 0.835. The van der Waals surface area contributed by atoms with Crippen molar-refractivity contribution in [2.45, 2.75) is 13.1 Å². The number of nitrogens with one attached hydrogen (secondary N) is 1. The van der Waals surface area contributed by atoms with Crippen LogP contribution in [0.15, 0.2) is 29.6 Å². The van der Waals surface area contributed by atoms with Crippen LogP contribution in [0.2, 0.25) is 0 Å². The van der Waals surface area contributed by atoms with Crippen LogP contribution in [0.1, 0.15) is 10.4 Å². The average Bonchev–Trinajstić information content (AvgIpc) is 2.99. The van der Waals surface area contributed by atoms with Gasteiger partial charge in [-0.05, 0) is 17.5 Å². The summed E-state index contributed by atoms with van der Waals surface area (Å²) in [7, 11) is 2.96. The van der Waals surface area contributed by atoms with Gasteiger partial charge >= 0.3 is 0 Å². The highest BCUT2D eigenvalue weighted by Crippen LogP contribution is 2.34. The molecule has 0 saturated carbocycles. The molecular weight excluding hydrogens is 328 g/mol. The fraction of sp³-hybridized carbons (Fsp3) is 0.286. The summed E-state index contributed by atoms with van der Waals surface area (Å²) < 4.78 is 10.3. The fourth-order valence-electron chi connectivity index (χ4n) is 1.96. The van der Waals surface area contributed by atoms with Crippen molar-refractivity contribution in [2.75, 3.05) is 14.2 Å². The van der Waals surface area contributed by atoms with Gasteiger partial charge in [-0.3, -0.25) is 10.1 Å². The molecule has 1 aromatic heterocycles. The van der Waals surface area contributed by atoms with Crippen molar-refractivity contribution in [3.05, 3.63) is 50.2 Å². The zero-order valence-corrected chi connectivity index (χ0v) is 13.8. The Morgan fingerprint density at radius 3 is 2.45 bits per heavy atom. The Hall–Kier alpha value is -1.83. The van der Waals surface area contributed by atoms with Crippen LogP contribution < -0.4 is 14.8 Å². The van der Waals surface area contributed by atoms with Crippen LogP contribution in [0.3, 0.4) is 0 Å². The topological polar surface area (TPSA) is 73.6 Å². The van der Waals surface area contributed by atoms with Gasteiger partial charge in [-0.1, -0.05) is 6.07 Å². The molecule has 2 aromatic rings. The summed E-state index contributed by atoms with van der Waals surface area (Å²) >= 11 is 1.64. The maximum atomic E-state index is 11.2. The van der Waals surface area contributed by atoms with E-state index in [1.165, 1.54) is 25.2 Å². The van der Waals surface area contributed by atoms with Gasteiger partial charge in [0.15, 0.2) is 11.5 Å². The first kappa shape index (κ1) is 18.2. The summed E-state index contributed by atoms with van der Waals surface area (Å²) in [6.07, 6.45) is 0. The van der Waals surface area contributed by atoms with Crippen molar-refractivity contribution in [1.82, 2.24) is 5.32 Å². The fourth-order valence-corrected chi connectivity index (χ4v) is 2.63. The summed E-state index contributed by atoms with van der Waals surface area (Å²) in [6, 6.07) is 7.01. The Kier molecular flexibility index (Phi) is 7.10. The predicted molar refractivity (Wildman–Crippen MR) is 88.3 cm³/mol. The van der Waals surface area contributed by atoms with Crippen molar-refractivity contribution < 1.29 is 14.4 Å². The van der Waals surface area contributed by atoms with Crippen LogP contribution in [-0.4, -0.2) is 19.1 Å². The highest BCUT2D eigenvalue weighted by Gasteiger charge is 2.19. The van der Waals surface area contributed by atoms with Gasteiger partial charge < -0.3 is 14.8 Å². The van der Waals surface area contributed by atoms with E-state index in [0.29, 0.717) is 30.2 Å². The third-order valence-corrected chi connectivity index (χ3v) is 3.85. The number of methoxy groups -OCH3 is 2. The van der Waals surface area contributed by atoms with E-state index in [1.807, 2.05) is 17.5 Å². The van der Waals surface area contributed by atoms with E-state index in [-0.39, 0.29) is 18.1 Å². The lowest BCUT2D eigenvalue weighted by molar-refractivity contribution is -0.385. The molecule has 0 unspecified atom stereocenters. The number of nitrogens with zero attached hydrogens (tertiary/aromatic N) is 1. The largest absolute Gasteiger partial charge is 0.493 e. The number of hydrogen-bond donors (Lipinski definition) is 1. The van der Waals surface area contributed by atoms with Crippen LogP contribution in [-0.2, 0) is 13.1 Å². The minimum atomic E-state index is -0.413. The molecule has 0 aliphatic heterocycles.